The van der Waals surface area contributed by atoms with Crippen LogP contribution in [-0.2, 0) is 18.4 Å². The van der Waals surface area contributed by atoms with Gasteiger partial charge in [0.15, 0.2) is 0 Å². The highest BCUT2D eigenvalue weighted by Gasteiger charge is 2.16. The largest absolute Gasteiger partial charge is 0.386 e. The zero-order valence-corrected chi connectivity index (χ0v) is 13.6. The summed E-state index contributed by atoms with van der Waals surface area (Å²) in [4.78, 5) is 24.4. The summed E-state index contributed by atoms with van der Waals surface area (Å²) in [5.74, 6) is -0.969. The maximum absolute atomic E-state index is 13.6. The number of para-hydroxylation sites is 2. The minimum absolute atomic E-state index is 0.116. The lowest BCUT2D eigenvalue weighted by molar-refractivity contribution is -0.122. The summed E-state index contributed by atoms with van der Waals surface area (Å²) in [5.41, 5.74) is 1.20. The molecule has 7 heteroatoms. The summed E-state index contributed by atoms with van der Waals surface area (Å²) >= 11 is 0. The zero-order chi connectivity index (χ0) is 18.0. The van der Waals surface area contributed by atoms with Crippen LogP contribution >= 0.6 is 0 Å². The predicted octanol–water partition coefficient (Wildman–Crippen LogP) is 1.33. The number of rotatable bonds is 5. The molecule has 0 aliphatic heterocycles. The van der Waals surface area contributed by atoms with Crippen molar-refractivity contribution >= 4 is 16.9 Å². The summed E-state index contributed by atoms with van der Waals surface area (Å²) in [6.07, 6.45) is -1.16. The summed E-state index contributed by atoms with van der Waals surface area (Å²) in [6.45, 7) is -0.316. The maximum atomic E-state index is 13.6. The Hall–Kier alpha value is -2.93. The molecule has 6 nitrogen and oxygen atoms in total. The molecule has 1 amide bonds. The number of hydrogen-bond acceptors (Lipinski definition) is 3. The van der Waals surface area contributed by atoms with Crippen molar-refractivity contribution in [2.24, 2.45) is 7.05 Å². The SMILES string of the molecule is Cn1c(=O)n(CC(=O)NCC(O)c2ccccc2F)c2ccccc21. The van der Waals surface area contributed by atoms with Crippen molar-refractivity contribution in [2.75, 3.05) is 6.54 Å². The molecule has 0 spiro atoms. The van der Waals surface area contributed by atoms with Crippen molar-refractivity contribution in [3.63, 3.8) is 0 Å². The molecule has 3 rings (SSSR count). The first kappa shape index (κ1) is 16.9. The normalized spacial score (nSPS) is 12.3. The van der Waals surface area contributed by atoms with E-state index < -0.39 is 17.8 Å². The van der Waals surface area contributed by atoms with Crippen molar-refractivity contribution in [1.82, 2.24) is 14.5 Å². The second kappa shape index (κ2) is 6.90. The first-order chi connectivity index (χ1) is 12.0. The van der Waals surface area contributed by atoms with Crippen LogP contribution in [0, 0.1) is 5.82 Å². The number of aliphatic hydroxyl groups excluding tert-OH is 1. The molecular formula is C18H18FN3O3. The molecule has 1 atom stereocenters. The molecule has 130 valence electrons. The maximum Gasteiger partial charge on any atom is 0.329 e. The number of fused-ring (bicyclic) bond motifs is 1. The molecule has 0 saturated carbocycles. The first-order valence-electron chi connectivity index (χ1n) is 7.82. The quantitative estimate of drug-likeness (QED) is 0.734. The summed E-state index contributed by atoms with van der Waals surface area (Å²) < 4.78 is 16.5. The van der Waals surface area contributed by atoms with Crippen LogP contribution in [-0.4, -0.2) is 26.7 Å². The predicted molar refractivity (Wildman–Crippen MR) is 91.5 cm³/mol. The second-order valence-corrected chi connectivity index (χ2v) is 5.76. The molecule has 0 saturated heterocycles. The van der Waals surface area contributed by atoms with Crippen LogP contribution in [0.4, 0.5) is 4.39 Å². The fourth-order valence-electron chi connectivity index (χ4n) is 2.78. The van der Waals surface area contributed by atoms with Crippen LogP contribution in [0.3, 0.4) is 0 Å². The van der Waals surface area contributed by atoms with Crippen LogP contribution in [0.2, 0.25) is 0 Å². The van der Waals surface area contributed by atoms with E-state index in [9.17, 15) is 19.1 Å². The molecule has 0 aliphatic carbocycles. The number of nitrogens with zero attached hydrogens (tertiary/aromatic N) is 2. The molecule has 1 heterocycles. The highest BCUT2D eigenvalue weighted by Crippen LogP contribution is 2.15. The number of halogens is 1. The smallest absolute Gasteiger partial charge is 0.329 e. The molecule has 2 N–H and O–H groups in total. The number of carbonyl (C=O) groups is 1. The number of hydrogen-bond donors (Lipinski definition) is 2. The van der Waals surface area contributed by atoms with Crippen molar-refractivity contribution in [2.45, 2.75) is 12.6 Å². The van der Waals surface area contributed by atoms with Crippen molar-refractivity contribution in [1.29, 1.82) is 0 Å². The van der Waals surface area contributed by atoms with Gasteiger partial charge < -0.3 is 10.4 Å². The third-order valence-electron chi connectivity index (χ3n) is 4.11. The molecule has 0 bridgehead atoms. The number of benzene rings is 2. The number of imidazole rings is 1. The Labute approximate surface area is 143 Å². The minimum Gasteiger partial charge on any atom is -0.386 e. The van der Waals surface area contributed by atoms with Crippen LogP contribution in [0.5, 0.6) is 0 Å². The highest BCUT2D eigenvalue weighted by atomic mass is 19.1. The van der Waals surface area contributed by atoms with Gasteiger partial charge >= 0.3 is 5.69 Å². The van der Waals surface area contributed by atoms with E-state index in [-0.39, 0.29) is 24.3 Å². The average molecular weight is 343 g/mol. The standard InChI is InChI=1S/C18H18FN3O3/c1-21-14-8-4-5-9-15(14)22(18(21)25)11-17(24)20-10-16(23)12-6-2-3-7-13(12)19/h2-9,16,23H,10-11H2,1H3,(H,20,24). The van der Waals surface area contributed by atoms with Crippen LogP contribution in [0.15, 0.2) is 53.3 Å². The summed E-state index contributed by atoms with van der Waals surface area (Å²) in [5, 5.41) is 12.6. The van der Waals surface area contributed by atoms with Crippen LogP contribution < -0.4 is 11.0 Å². The van der Waals surface area contributed by atoms with Crippen molar-refractivity contribution < 1.29 is 14.3 Å². The van der Waals surface area contributed by atoms with Crippen molar-refractivity contribution in [3.05, 3.63) is 70.4 Å². The Morgan fingerprint density at radius 2 is 1.80 bits per heavy atom. The topological polar surface area (TPSA) is 76.3 Å². The number of amides is 1. The van der Waals surface area contributed by atoms with Gasteiger partial charge in [-0.05, 0) is 18.2 Å². The Kier molecular flexibility index (Phi) is 4.67. The van der Waals surface area contributed by atoms with Crippen LogP contribution in [0.1, 0.15) is 11.7 Å². The number of aliphatic hydroxyl groups is 1. The lowest BCUT2D eigenvalue weighted by Gasteiger charge is -2.13. The van der Waals surface area contributed by atoms with Crippen LogP contribution in [0.25, 0.3) is 11.0 Å². The van der Waals surface area contributed by atoms with E-state index in [0.29, 0.717) is 5.52 Å². The highest BCUT2D eigenvalue weighted by molar-refractivity contribution is 5.80. The fourth-order valence-corrected chi connectivity index (χ4v) is 2.78. The lowest BCUT2D eigenvalue weighted by atomic mass is 10.1. The summed E-state index contributed by atoms with van der Waals surface area (Å²) in [6, 6.07) is 13.0. The zero-order valence-electron chi connectivity index (χ0n) is 13.6. The molecule has 25 heavy (non-hydrogen) atoms. The Morgan fingerprint density at radius 3 is 2.52 bits per heavy atom. The van der Waals surface area contributed by atoms with E-state index in [1.807, 2.05) is 6.07 Å². The number of aryl methyl sites for hydroxylation is 1. The molecule has 0 aliphatic rings. The molecule has 0 fully saturated rings. The van der Waals surface area contributed by atoms with E-state index in [1.54, 1.807) is 31.3 Å². The molecular weight excluding hydrogens is 325 g/mol. The monoisotopic (exact) mass is 343 g/mol. The average Bonchev–Trinajstić information content (AvgIpc) is 2.85. The molecule has 2 aromatic carbocycles. The van der Waals surface area contributed by atoms with E-state index >= 15 is 0 Å². The minimum atomic E-state index is -1.16. The van der Waals surface area contributed by atoms with Gasteiger partial charge in [0.2, 0.25) is 5.91 Å². The van der Waals surface area contributed by atoms with E-state index in [0.717, 1.165) is 5.52 Å². The molecule has 1 aromatic heterocycles. The van der Waals surface area contributed by atoms with E-state index in [2.05, 4.69) is 5.32 Å². The Bertz CT molecular complexity index is 977. The first-order valence-corrected chi connectivity index (χ1v) is 7.82. The van der Waals surface area contributed by atoms with Gasteiger partial charge in [0.05, 0.1) is 17.1 Å². The Morgan fingerprint density at radius 1 is 1.16 bits per heavy atom. The molecule has 3 aromatic rings. The van der Waals surface area contributed by atoms with E-state index in [1.165, 1.54) is 27.3 Å². The second-order valence-electron chi connectivity index (χ2n) is 5.76. The van der Waals surface area contributed by atoms with E-state index in [4.69, 9.17) is 0 Å². The number of nitrogens with one attached hydrogen (secondary N) is 1. The molecule has 0 radical (unpaired) electrons. The number of aromatic nitrogens is 2. The van der Waals surface area contributed by atoms with Gasteiger partial charge in [-0.2, -0.15) is 0 Å². The van der Waals surface area contributed by atoms with Gasteiger partial charge in [0.1, 0.15) is 12.4 Å². The van der Waals surface area contributed by atoms with Gasteiger partial charge in [0, 0.05) is 19.2 Å². The molecule has 1 unspecified atom stereocenters. The third kappa shape index (κ3) is 3.32. The van der Waals surface area contributed by atoms with Crippen molar-refractivity contribution in [3.8, 4) is 0 Å². The van der Waals surface area contributed by atoms with Gasteiger partial charge in [-0.15, -0.1) is 0 Å². The number of carbonyl (C=O) groups excluding carboxylic acids is 1. The van der Waals surface area contributed by atoms with Gasteiger partial charge in [-0.3, -0.25) is 13.9 Å². The fraction of sp³-hybridized carbons (Fsp3) is 0.222. The third-order valence-corrected chi connectivity index (χ3v) is 4.11. The summed E-state index contributed by atoms with van der Waals surface area (Å²) in [7, 11) is 1.64. The lowest BCUT2D eigenvalue weighted by Crippen LogP contribution is -2.35. The van der Waals surface area contributed by atoms with Gasteiger partial charge in [0.25, 0.3) is 0 Å². The van der Waals surface area contributed by atoms with Gasteiger partial charge in [-0.25, -0.2) is 9.18 Å². The van der Waals surface area contributed by atoms with Gasteiger partial charge in [-0.1, -0.05) is 30.3 Å². The Balaban J connectivity index is 1.71.